The highest BCUT2D eigenvalue weighted by Gasteiger charge is 2.37. The molecule has 0 radical (unpaired) electrons. The fourth-order valence-corrected chi connectivity index (χ4v) is 2.75. The zero-order valence-electron chi connectivity index (χ0n) is 17.0. The normalized spacial score (nSPS) is 14.2. The highest BCUT2D eigenvalue weighted by Crippen LogP contribution is 2.36. The van der Waals surface area contributed by atoms with E-state index in [0.717, 1.165) is 0 Å². The third-order valence-electron chi connectivity index (χ3n) is 4.27. The van der Waals surface area contributed by atoms with Crippen LogP contribution in [0.25, 0.3) is 0 Å². The highest BCUT2D eigenvalue weighted by molar-refractivity contribution is 5.94. The van der Waals surface area contributed by atoms with Gasteiger partial charge in [0.05, 0.1) is 11.1 Å². The van der Waals surface area contributed by atoms with E-state index in [2.05, 4.69) is 10.6 Å². The molecular formula is C19H22F6N2O5. The number of benzene rings is 1. The molecule has 4 N–H and O–H groups in total. The summed E-state index contributed by atoms with van der Waals surface area (Å²) in [4.78, 5) is 34.8. The van der Waals surface area contributed by atoms with Crippen molar-refractivity contribution in [2.75, 3.05) is 6.54 Å². The number of carbonyl (C=O) groups excluding carboxylic acids is 1. The van der Waals surface area contributed by atoms with Gasteiger partial charge in [-0.2, -0.15) is 26.3 Å². The van der Waals surface area contributed by atoms with Crippen LogP contribution in [-0.4, -0.2) is 46.7 Å². The molecule has 13 heteroatoms. The van der Waals surface area contributed by atoms with Gasteiger partial charge in [-0.05, 0) is 37.0 Å². The minimum atomic E-state index is -5.13. The molecule has 1 aromatic carbocycles. The Balaban J connectivity index is 2.94. The van der Waals surface area contributed by atoms with Crippen molar-refractivity contribution >= 4 is 17.8 Å². The largest absolute Gasteiger partial charge is 0.480 e. The molecule has 0 aliphatic carbocycles. The molecule has 2 atom stereocenters. The fourth-order valence-electron chi connectivity index (χ4n) is 2.75. The maximum absolute atomic E-state index is 12.9. The Bertz CT molecular complexity index is 806. The lowest BCUT2D eigenvalue weighted by molar-refractivity contribution is -0.144. The number of alkyl halides is 6. The first-order valence-electron chi connectivity index (χ1n) is 9.31. The van der Waals surface area contributed by atoms with Crippen molar-refractivity contribution in [1.29, 1.82) is 0 Å². The maximum atomic E-state index is 12.9. The maximum Gasteiger partial charge on any atom is 0.416 e. The zero-order valence-corrected chi connectivity index (χ0v) is 17.0. The molecule has 32 heavy (non-hydrogen) atoms. The summed E-state index contributed by atoms with van der Waals surface area (Å²) in [6.07, 6.45) is -10.5. The van der Waals surface area contributed by atoms with Crippen LogP contribution in [0.3, 0.4) is 0 Å². The van der Waals surface area contributed by atoms with Crippen LogP contribution in [0.4, 0.5) is 26.3 Å². The van der Waals surface area contributed by atoms with Gasteiger partial charge in [0, 0.05) is 12.1 Å². The standard InChI is InChI=1S/C19H22F6N2O5/c1-9(2)5-14(17(31)32)27-13(16(29)30)3-4-26-15(28)10-6-11(18(20,21)22)8-12(7-10)19(23,24)25/h6-9,13-14,27H,3-5H2,1-2H3,(H,26,28)(H,29,30)(H,31,32). The van der Waals surface area contributed by atoms with Gasteiger partial charge in [-0.15, -0.1) is 0 Å². The van der Waals surface area contributed by atoms with E-state index in [1.54, 1.807) is 13.8 Å². The Morgan fingerprint density at radius 3 is 1.72 bits per heavy atom. The van der Waals surface area contributed by atoms with E-state index in [-0.39, 0.29) is 37.0 Å². The average Bonchev–Trinajstić information content (AvgIpc) is 2.63. The number of carboxylic acid groups (broad SMARTS) is 2. The summed E-state index contributed by atoms with van der Waals surface area (Å²) in [6, 6.07) is -2.25. The lowest BCUT2D eigenvalue weighted by Gasteiger charge is -2.22. The Morgan fingerprint density at radius 1 is 0.875 bits per heavy atom. The highest BCUT2D eigenvalue weighted by atomic mass is 19.4. The number of carbonyl (C=O) groups is 3. The second-order valence-electron chi connectivity index (χ2n) is 7.42. The monoisotopic (exact) mass is 472 g/mol. The van der Waals surface area contributed by atoms with Gasteiger partial charge >= 0.3 is 24.3 Å². The first kappa shape index (κ1) is 27.2. The summed E-state index contributed by atoms with van der Waals surface area (Å²) in [5.41, 5.74) is -4.24. The summed E-state index contributed by atoms with van der Waals surface area (Å²) >= 11 is 0. The topological polar surface area (TPSA) is 116 Å². The number of amides is 1. The van der Waals surface area contributed by atoms with E-state index in [0.29, 0.717) is 0 Å². The van der Waals surface area contributed by atoms with Gasteiger partial charge in [0.25, 0.3) is 5.91 Å². The molecule has 1 aromatic rings. The second kappa shape index (κ2) is 10.7. The Hall–Kier alpha value is -2.83. The van der Waals surface area contributed by atoms with Crippen molar-refractivity contribution in [1.82, 2.24) is 10.6 Å². The molecule has 180 valence electrons. The van der Waals surface area contributed by atoms with Crippen molar-refractivity contribution in [3.8, 4) is 0 Å². The third-order valence-corrected chi connectivity index (χ3v) is 4.27. The quantitative estimate of drug-likeness (QED) is 0.388. The molecule has 0 aliphatic heterocycles. The van der Waals surface area contributed by atoms with Gasteiger partial charge in [-0.3, -0.25) is 19.7 Å². The molecule has 0 saturated carbocycles. The number of aliphatic carboxylic acids is 2. The first-order chi connectivity index (χ1) is 14.5. The molecule has 1 amide bonds. The van der Waals surface area contributed by atoms with Crippen molar-refractivity contribution in [3.05, 3.63) is 34.9 Å². The second-order valence-corrected chi connectivity index (χ2v) is 7.42. The number of hydrogen-bond donors (Lipinski definition) is 4. The van der Waals surface area contributed by atoms with E-state index in [1.807, 2.05) is 0 Å². The van der Waals surface area contributed by atoms with E-state index in [9.17, 15) is 50.9 Å². The lowest BCUT2D eigenvalue weighted by atomic mass is 10.0. The number of hydrogen-bond acceptors (Lipinski definition) is 4. The molecular weight excluding hydrogens is 450 g/mol. The molecule has 7 nitrogen and oxygen atoms in total. The summed E-state index contributed by atoms with van der Waals surface area (Å²) < 4.78 is 77.4. The average molecular weight is 472 g/mol. The molecule has 0 bridgehead atoms. The number of nitrogens with one attached hydrogen (secondary N) is 2. The van der Waals surface area contributed by atoms with E-state index < -0.39 is 65.5 Å². The molecule has 0 spiro atoms. The van der Waals surface area contributed by atoms with Crippen LogP contribution in [0, 0.1) is 5.92 Å². The SMILES string of the molecule is CC(C)CC(NC(CCNC(=O)c1cc(C(F)(F)F)cc(C(F)(F)F)c1)C(=O)O)C(=O)O. The molecule has 0 heterocycles. The number of halogens is 6. The Kier molecular flexibility index (Phi) is 9.06. The molecule has 1 rings (SSSR count). The van der Waals surface area contributed by atoms with Crippen molar-refractivity contribution in [3.63, 3.8) is 0 Å². The lowest BCUT2D eigenvalue weighted by Crippen LogP contribution is -2.49. The van der Waals surface area contributed by atoms with Crippen molar-refractivity contribution < 1.29 is 50.9 Å². The first-order valence-corrected chi connectivity index (χ1v) is 9.31. The Labute approximate surface area is 178 Å². The molecule has 2 unspecified atom stereocenters. The van der Waals surface area contributed by atoms with E-state index >= 15 is 0 Å². The van der Waals surface area contributed by atoms with Crippen molar-refractivity contribution in [2.45, 2.75) is 51.1 Å². The van der Waals surface area contributed by atoms with Gasteiger partial charge in [0.15, 0.2) is 0 Å². The number of carboxylic acids is 2. The fraction of sp³-hybridized carbons (Fsp3) is 0.526. The zero-order chi connectivity index (χ0) is 24.9. The van der Waals surface area contributed by atoms with Crippen LogP contribution in [0.15, 0.2) is 18.2 Å². The van der Waals surface area contributed by atoms with Gasteiger partial charge in [0.2, 0.25) is 0 Å². The van der Waals surface area contributed by atoms with Crippen LogP contribution < -0.4 is 10.6 Å². The van der Waals surface area contributed by atoms with Gasteiger partial charge in [-0.25, -0.2) is 0 Å². The van der Waals surface area contributed by atoms with Gasteiger partial charge in [0.1, 0.15) is 12.1 Å². The smallest absolute Gasteiger partial charge is 0.416 e. The molecule has 0 aliphatic rings. The van der Waals surface area contributed by atoms with Crippen LogP contribution in [-0.2, 0) is 21.9 Å². The summed E-state index contributed by atoms with van der Waals surface area (Å²) in [5, 5.41) is 22.9. The van der Waals surface area contributed by atoms with E-state index in [1.165, 1.54) is 0 Å². The van der Waals surface area contributed by atoms with Crippen LogP contribution in [0.1, 0.15) is 48.2 Å². The predicted molar refractivity (Wildman–Crippen MR) is 98.8 cm³/mol. The molecule has 0 fully saturated rings. The Morgan fingerprint density at radius 2 is 1.34 bits per heavy atom. The van der Waals surface area contributed by atoms with Crippen LogP contribution in [0.2, 0.25) is 0 Å². The van der Waals surface area contributed by atoms with Crippen LogP contribution in [0.5, 0.6) is 0 Å². The van der Waals surface area contributed by atoms with Gasteiger partial charge < -0.3 is 15.5 Å². The minimum absolute atomic E-state index is 0.0820. The van der Waals surface area contributed by atoms with E-state index in [4.69, 9.17) is 0 Å². The van der Waals surface area contributed by atoms with Gasteiger partial charge in [-0.1, -0.05) is 13.8 Å². The number of rotatable bonds is 10. The third kappa shape index (κ3) is 8.36. The summed E-state index contributed by atoms with van der Waals surface area (Å²) in [7, 11) is 0. The predicted octanol–water partition coefficient (Wildman–Crippen LogP) is 3.39. The molecule has 0 aromatic heterocycles. The summed E-state index contributed by atoms with van der Waals surface area (Å²) in [6.45, 7) is 2.99. The molecule has 0 saturated heterocycles. The van der Waals surface area contributed by atoms with Crippen LogP contribution >= 0.6 is 0 Å². The van der Waals surface area contributed by atoms with Crippen molar-refractivity contribution in [2.24, 2.45) is 5.92 Å². The summed E-state index contributed by atoms with van der Waals surface area (Å²) in [5.74, 6) is -4.09. The minimum Gasteiger partial charge on any atom is -0.480 e.